The largest absolute Gasteiger partial charge is 0.489 e. The highest BCUT2D eigenvalue weighted by Gasteiger charge is 2.18. The Hall–Kier alpha value is -2.72. The number of rotatable bonds is 6. The number of aromatic nitrogens is 5. The number of fused-ring (bicyclic) bond motifs is 1. The lowest BCUT2D eigenvalue weighted by molar-refractivity contribution is 0.0536. The van der Waals surface area contributed by atoms with Crippen LogP contribution in [0.5, 0.6) is 5.75 Å². The fraction of sp³-hybridized carbons (Fsp3) is 0.222. The number of nitrogens with zero attached hydrogens (tertiary/aromatic N) is 5. The average Bonchev–Trinajstić information content (AvgIpc) is 3.34. The number of aliphatic hydroxyl groups is 2. The lowest BCUT2D eigenvalue weighted by Gasteiger charge is -2.12. The third-order valence-electron chi connectivity index (χ3n) is 4.02. The van der Waals surface area contributed by atoms with Crippen molar-refractivity contribution >= 4 is 28.8 Å². The minimum Gasteiger partial charge on any atom is -0.489 e. The van der Waals surface area contributed by atoms with Gasteiger partial charge in [-0.05, 0) is 13.0 Å². The van der Waals surface area contributed by atoms with Crippen molar-refractivity contribution in [3.05, 3.63) is 46.5 Å². The summed E-state index contributed by atoms with van der Waals surface area (Å²) >= 11 is 12.6. The maximum Gasteiger partial charge on any atom is 0.278 e. The molecule has 0 saturated heterocycles. The molecule has 0 unspecified atom stereocenters. The third kappa shape index (κ3) is 4.03. The van der Waals surface area contributed by atoms with Gasteiger partial charge in [0.15, 0.2) is 5.65 Å². The van der Waals surface area contributed by atoms with Gasteiger partial charge in [-0.15, -0.1) is 0 Å². The number of benzene rings is 1. The fourth-order valence-corrected chi connectivity index (χ4v) is 3.05. The van der Waals surface area contributed by atoms with Crippen LogP contribution in [0, 0.1) is 6.92 Å². The molecule has 0 saturated carbocycles. The number of ether oxygens (including phenoxy) is 1. The number of aryl methyl sites for hydroxylation is 1. The van der Waals surface area contributed by atoms with Crippen molar-refractivity contribution < 1.29 is 19.5 Å². The van der Waals surface area contributed by atoms with Gasteiger partial charge in [-0.2, -0.15) is 4.98 Å². The van der Waals surface area contributed by atoms with E-state index in [-0.39, 0.29) is 34.1 Å². The number of halogens is 2. The molecule has 0 fully saturated rings. The molecule has 0 radical (unpaired) electrons. The first-order valence-corrected chi connectivity index (χ1v) is 9.26. The van der Waals surface area contributed by atoms with Gasteiger partial charge in [0.05, 0.1) is 28.5 Å². The van der Waals surface area contributed by atoms with Gasteiger partial charge in [-0.3, -0.25) is 4.98 Å². The molecule has 11 heteroatoms. The Morgan fingerprint density at radius 2 is 2.03 bits per heavy atom. The van der Waals surface area contributed by atoms with E-state index in [9.17, 15) is 5.11 Å². The summed E-state index contributed by atoms with van der Waals surface area (Å²) in [6.07, 6.45) is 4.23. The van der Waals surface area contributed by atoms with E-state index in [4.69, 9.17) is 37.6 Å². The lowest BCUT2D eigenvalue weighted by Crippen LogP contribution is -2.21. The zero-order chi connectivity index (χ0) is 20.5. The molecular weight excluding hydrogens is 421 g/mol. The first kappa shape index (κ1) is 19.6. The molecule has 3 heterocycles. The molecule has 150 valence electrons. The van der Waals surface area contributed by atoms with Gasteiger partial charge in [-0.1, -0.05) is 28.4 Å². The molecule has 2 N–H and O–H groups in total. The molecule has 0 bridgehead atoms. The summed E-state index contributed by atoms with van der Waals surface area (Å²) in [5.74, 6) is 0.722. The monoisotopic (exact) mass is 435 g/mol. The second-order valence-electron chi connectivity index (χ2n) is 6.25. The van der Waals surface area contributed by atoms with Crippen molar-refractivity contribution in [3.63, 3.8) is 0 Å². The Morgan fingerprint density at radius 1 is 1.21 bits per heavy atom. The maximum atomic E-state index is 9.40. The van der Waals surface area contributed by atoms with Crippen LogP contribution in [0.3, 0.4) is 0 Å². The number of hydrogen-bond donors (Lipinski definition) is 2. The zero-order valence-corrected chi connectivity index (χ0v) is 16.6. The van der Waals surface area contributed by atoms with Gasteiger partial charge in [0.2, 0.25) is 5.82 Å². The molecule has 0 aliphatic carbocycles. The van der Waals surface area contributed by atoms with Crippen molar-refractivity contribution in [1.29, 1.82) is 0 Å². The number of hydrogen-bond acceptors (Lipinski definition) is 8. The Morgan fingerprint density at radius 3 is 2.83 bits per heavy atom. The molecule has 1 aromatic carbocycles. The van der Waals surface area contributed by atoms with E-state index >= 15 is 0 Å². The van der Waals surface area contributed by atoms with Crippen LogP contribution >= 0.6 is 23.2 Å². The van der Waals surface area contributed by atoms with Crippen molar-refractivity contribution in [1.82, 2.24) is 24.5 Å². The predicted octanol–water partition coefficient (Wildman–Crippen LogP) is 2.79. The molecule has 0 aliphatic heterocycles. The van der Waals surface area contributed by atoms with E-state index in [1.807, 2.05) is 17.5 Å². The molecular formula is C18H15Cl2N5O4. The van der Waals surface area contributed by atoms with Crippen LogP contribution in [-0.4, -0.2) is 54.0 Å². The lowest BCUT2D eigenvalue weighted by atomic mass is 10.2. The van der Waals surface area contributed by atoms with E-state index in [0.717, 1.165) is 5.69 Å². The minimum absolute atomic E-state index is 0.125. The Balaban J connectivity index is 1.62. The SMILES string of the molecule is Cc1cn2cc(-c3nc(-c4cc(Cl)c(OC[C@H](O)CO)cc4Cl)no3)nc2cn1. The Labute approximate surface area is 174 Å². The molecule has 9 nitrogen and oxygen atoms in total. The topological polar surface area (TPSA) is 119 Å². The summed E-state index contributed by atoms with van der Waals surface area (Å²) < 4.78 is 12.5. The van der Waals surface area contributed by atoms with Crippen molar-refractivity contribution in [3.8, 4) is 28.7 Å². The predicted molar refractivity (Wildman–Crippen MR) is 105 cm³/mol. The number of imidazole rings is 1. The van der Waals surface area contributed by atoms with Crippen LogP contribution in [0.15, 0.2) is 35.2 Å². The quantitative estimate of drug-likeness (QED) is 0.474. The third-order valence-corrected chi connectivity index (χ3v) is 4.63. The van der Waals surface area contributed by atoms with E-state index in [2.05, 4.69) is 20.1 Å². The molecule has 3 aromatic heterocycles. The summed E-state index contributed by atoms with van der Waals surface area (Å²) in [6, 6.07) is 3.02. The standard InChI is InChI=1S/C18H15Cl2N5O4/c1-9-5-25-6-14(22-16(25)4-21-9)18-23-17(24-29-18)11-2-13(20)15(3-12(11)19)28-8-10(27)7-26/h2-6,10,26-27H,7-8H2,1H3/t10-/m1/s1. The maximum absolute atomic E-state index is 9.40. The second kappa shape index (κ2) is 7.96. The van der Waals surface area contributed by atoms with Gasteiger partial charge < -0.3 is 23.9 Å². The van der Waals surface area contributed by atoms with Crippen LogP contribution in [0.25, 0.3) is 28.6 Å². The first-order valence-electron chi connectivity index (χ1n) is 8.51. The highest BCUT2D eigenvalue weighted by molar-refractivity contribution is 6.36. The summed E-state index contributed by atoms with van der Waals surface area (Å²) in [5, 5.41) is 22.7. The van der Waals surface area contributed by atoms with Crippen molar-refractivity contribution in [2.45, 2.75) is 13.0 Å². The van der Waals surface area contributed by atoms with Crippen molar-refractivity contribution in [2.24, 2.45) is 0 Å². The molecule has 4 rings (SSSR count). The molecule has 0 aliphatic rings. The van der Waals surface area contributed by atoms with Crippen LogP contribution in [0.4, 0.5) is 0 Å². The van der Waals surface area contributed by atoms with E-state index in [1.165, 1.54) is 12.1 Å². The van der Waals surface area contributed by atoms with Crippen LogP contribution < -0.4 is 4.74 Å². The van der Waals surface area contributed by atoms with E-state index < -0.39 is 12.7 Å². The van der Waals surface area contributed by atoms with Crippen molar-refractivity contribution in [2.75, 3.05) is 13.2 Å². The Kier molecular flexibility index (Phi) is 5.37. The normalized spacial score (nSPS) is 12.4. The van der Waals surface area contributed by atoms with E-state index in [0.29, 0.717) is 16.9 Å². The molecule has 29 heavy (non-hydrogen) atoms. The summed E-state index contributed by atoms with van der Waals surface area (Å²) in [6.45, 7) is 1.34. The highest BCUT2D eigenvalue weighted by Crippen LogP contribution is 2.36. The molecule has 0 spiro atoms. The summed E-state index contributed by atoms with van der Waals surface area (Å²) in [7, 11) is 0. The summed E-state index contributed by atoms with van der Waals surface area (Å²) in [4.78, 5) is 13.0. The minimum atomic E-state index is -1.02. The smallest absolute Gasteiger partial charge is 0.278 e. The molecule has 4 aromatic rings. The van der Waals surface area contributed by atoms with Gasteiger partial charge in [0, 0.05) is 24.0 Å². The van der Waals surface area contributed by atoms with Gasteiger partial charge in [0.25, 0.3) is 5.89 Å². The molecule has 0 amide bonds. The zero-order valence-electron chi connectivity index (χ0n) is 15.1. The van der Waals surface area contributed by atoms with Gasteiger partial charge in [0.1, 0.15) is 24.2 Å². The average molecular weight is 436 g/mol. The van der Waals surface area contributed by atoms with Crippen LogP contribution in [-0.2, 0) is 0 Å². The summed E-state index contributed by atoms with van der Waals surface area (Å²) in [5.41, 5.74) is 2.44. The Bertz CT molecular complexity index is 1180. The second-order valence-corrected chi connectivity index (χ2v) is 7.07. The van der Waals surface area contributed by atoms with Crippen LogP contribution in [0.1, 0.15) is 5.69 Å². The van der Waals surface area contributed by atoms with Crippen LogP contribution in [0.2, 0.25) is 10.0 Å². The highest BCUT2D eigenvalue weighted by atomic mass is 35.5. The number of aliphatic hydroxyl groups excluding tert-OH is 2. The van der Waals surface area contributed by atoms with Gasteiger partial charge >= 0.3 is 0 Å². The fourth-order valence-electron chi connectivity index (χ4n) is 2.59. The van der Waals surface area contributed by atoms with E-state index in [1.54, 1.807) is 12.4 Å². The van der Waals surface area contributed by atoms with Gasteiger partial charge in [-0.25, -0.2) is 4.98 Å². The molecule has 1 atom stereocenters. The first-order chi connectivity index (χ1) is 13.9.